The lowest BCUT2D eigenvalue weighted by molar-refractivity contribution is 0.645. The molecule has 8 aromatic carbocycles. The molecule has 54 heavy (non-hydrogen) atoms. The molecule has 12 aromatic rings. The van der Waals surface area contributed by atoms with Crippen LogP contribution in [-0.4, -0.2) is 13.7 Å². The number of nitrogens with zero attached hydrogens (tertiary/aromatic N) is 3. The molecule has 0 saturated heterocycles. The molecule has 0 N–H and O–H groups in total. The first-order chi connectivity index (χ1) is 26.8. The van der Waals surface area contributed by atoms with Crippen molar-refractivity contribution in [2.24, 2.45) is 0 Å². The monoisotopic (exact) mass is 689 g/mol. The fraction of sp³-hybridized carbons (Fsp3) is 0. The van der Waals surface area contributed by atoms with Crippen molar-refractivity contribution in [3.05, 3.63) is 188 Å². The van der Waals surface area contributed by atoms with Crippen molar-refractivity contribution < 1.29 is 4.42 Å². The molecule has 0 atom stereocenters. The van der Waals surface area contributed by atoms with Gasteiger partial charge in [0.05, 0.1) is 33.0 Å². The molecule has 0 unspecified atom stereocenters. The van der Waals surface area contributed by atoms with Gasteiger partial charge in [-0.3, -0.25) is 4.57 Å². The number of rotatable bonds is 4. The van der Waals surface area contributed by atoms with Crippen LogP contribution in [0, 0.1) is 0 Å². The van der Waals surface area contributed by atoms with Crippen molar-refractivity contribution in [2.45, 2.75) is 0 Å². The molecule has 0 aliphatic carbocycles. The largest absolute Gasteiger partial charge is 0.439 e. The van der Waals surface area contributed by atoms with Crippen LogP contribution in [0.1, 0.15) is 0 Å². The van der Waals surface area contributed by atoms with Gasteiger partial charge in [-0.1, -0.05) is 115 Å². The molecule has 0 aliphatic rings. The molecule has 0 fully saturated rings. The lowest BCUT2D eigenvalue weighted by atomic mass is 10.0. The molecule has 4 nitrogen and oxygen atoms in total. The molecular weight excluding hydrogens is 659 g/mol. The second-order valence-corrected chi connectivity index (χ2v) is 14.2. The first-order valence-corrected chi connectivity index (χ1v) is 18.4. The van der Waals surface area contributed by atoms with E-state index < -0.39 is 0 Å². The summed E-state index contributed by atoms with van der Waals surface area (Å²) in [7, 11) is 0. The summed E-state index contributed by atoms with van der Waals surface area (Å²) in [5.41, 5.74) is 13.4. The van der Waals surface area contributed by atoms with Crippen molar-refractivity contribution in [3.8, 4) is 28.2 Å². The highest BCUT2D eigenvalue weighted by molar-refractivity contribution is 6.20. The van der Waals surface area contributed by atoms with E-state index >= 15 is 0 Å². The quantitative estimate of drug-likeness (QED) is 0.181. The number of aromatic nitrogens is 3. The minimum absolute atomic E-state index is 0.875. The van der Waals surface area contributed by atoms with E-state index in [1.54, 1.807) is 0 Å². The summed E-state index contributed by atoms with van der Waals surface area (Å²) in [5, 5.41) is 8.50. The van der Waals surface area contributed by atoms with Gasteiger partial charge in [0, 0.05) is 49.4 Å². The average molecular weight is 690 g/mol. The first kappa shape index (κ1) is 29.3. The fourth-order valence-electron chi connectivity index (χ4n) is 8.90. The minimum Gasteiger partial charge on any atom is -0.439 e. The number of hydrogen-bond donors (Lipinski definition) is 0. The Labute approximate surface area is 309 Å². The molecule has 252 valence electrons. The van der Waals surface area contributed by atoms with Gasteiger partial charge in [-0.25, -0.2) is 0 Å². The summed E-state index contributed by atoms with van der Waals surface area (Å²) < 4.78 is 13.5. The number of fused-ring (bicyclic) bond motifs is 11. The molecule has 0 bridgehead atoms. The Morgan fingerprint density at radius 3 is 1.46 bits per heavy atom. The zero-order chi connectivity index (χ0) is 35.3. The SMILES string of the molecule is c1cc(-c2ccc(-n3c4ccccc4c4c5ccccc5oc43)cc2)cc(-n2c3ccccc3c3cc(-n4c5ccccc5c5ccccc54)ccc32)c1. The summed E-state index contributed by atoms with van der Waals surface area (Å²) >= 11 is 0. The van der Waals surface area contributed by atoms with Gasteiger partial charge in [0.15, 0.2) is 0 Å². The van der Waals surface area contributed by atoms with Gasteiger partial charge >= 0.3 is 0 Å². The highest BCUT2D eigenvalue weighted by Crippen LogP contribution is 2.40. The van der Waals surface area contributed by atoms with Crippen molar-refractivity contribution >= 4 is 76.6 Å². The van der Waals surface area contributed by atoms with Crippen LogP contribution in [0.5, 0.6) is 0 Å². The van der Waals surface area contributed by atoms with Crippen LogP contribution in [0.4, 0.5) is 0 Å². The second-order valence-electron chi connectivity index (χ2n) is 14.2. The molecule has 0 aliphatic heterocycles. The lowest BCUT2D eigenvalue weighted by Crippen LogP contribution is -1.96. The summed E-state index contributed by atoms with van der Waals surface area (Å²) in [5.74, 6) is 0. The highest BCUT2D eigenvalue weighted by atomic mass is 16.3. The minimum atomic E-state index is 0.875. The Hall–Kier alpha value is -7.30. The van der Waals surface area contributed by atoms with E-state index in [2.05, 4.69) is 190 Å². The number of para-hydroxylation sites is 5. The third-order valence-corrected chi connectivity index (χ3v) is 11.3. The van der Waals surface area contributed by atoms with Gasteiger partial charge < -0.3 is 13.6 Å². The summed E-state index contributed by atoms with van der Waals surface area (Å²) in [6.45, 7) is 0. The maximum atomic E-state index is 6.49. The van der Waals surface area contributed by atoms with Crippen LogP contribution < -0.4 is 0 Å². The third kappa shape index (κ3) is 4.08. The van der Waals surface area contributed by atoms with Crippen molar-refractivity contribution in [2.75, 3.05) is 0 Å². The average Bonchev–Trinajstić information content (AvgIpc) is 3.97. The maximum absolute atomic E-state index is 6.49. The molecule has 0 amide bonds. The maximum Gasteiger partial charge on any atom is 0.213 e. The van der Waals surface area contributed by atoms with Crippen LogP contribution in [0.25, 0.3) is 105 Å². The van der Waals surface area contributed by atoms with E-state index in [1.165, 1.54) is 49.0 Å². The molecule has 4 heterocycles. The van der Waals surface area contributed by atoms with Crippen molar-refractivity contribution in [3.63, 3.8) is 0 Å². The zero-order valence-electron chi connectivity index (χ0n) is 29.1. The zero-order valence-corrected chi connectivity index (χ0v) is 29.1. The Morgan fingerprint density at radius 2 is 0.796 bits per heavy atom. The normalized spacial score (nSPS) is 12.1. The molecule has 4 heteroatoms. The predicted molar refractivity (Wildman–Crippen MR) is 225 cm³/mol. The Balaban J connectivity index is 0.981. The Kier molecular flexibility index (Phi) is 6.02. The topological polar surface area (TPSA) is 27.9 Å². The molecule has 0 saturated carbocycles. The second kappa shape index (κ2) is 11.1. The van der Waals surface area contributed by atoms with Gasteiger partial charge in [-0.2, -0.15) is 0 Å². The number of benzene rings is 8. The van der Waals surface area contributed by atoms with Gasteiger partial charge in [0.2, 0.25) is 5.71 Å². The standard InChI is InChI=1S/C50H31N3O/c1-6-19-43-37(14-1)38-15-2-7-20-44(38)52(43)36-28-29-47-42(31-36)39-16-3-8-21-45(39)51(47)35-13-11-12-33(30-35)32-24-26-34(27-25-32)53-46-22-9-4-17-40(46)49-41-18-5-10-23-48(41)54-50(49)53/h1-31H. The number of hydrogen-bond acceptors (Lipinski definition) is 1. The third-order valence-electron chi connectivity index (χ3n) is 11.3. The fourth-order valence-corrected chi connectivity index (χ4v) is 8.90. The van der Waals surface area contributed by atoms with Crippen LogP contribution in [-0.2, 0) is 0 Å². The summed E-state index contributed by atoms with van der Waals surface area (Å²) in [6.07, 6.45) is 0. The molecule has 4 aromatic heterocycles. The van der Waals surface area contributed by atoms with Gasteiger partial charge in [0.25, 0.3) is 0 Å². The molecule has 0 spiro atoms. The van der Waals surface area contributed by atoms with Gasteiger partial charge in [-0.15, -0.1) is 0 Å². The van der Waals surface area contributed by atoms with Crippen LogP contribution in [0.2, 0.25) is 0 Å². The highest BCUT2D eigenvalue weighted by Gasteiger charge is 2.20. The van der Waals surface area contributed by atoms with E-state index in [4.69, 9.17) is 4.42 Å². The van der Waals surface area contributed by atoms with Crippen LogP contribution in [0.15, 0.2) is 192 Å². The van der Waals surface area contributed by atoms with Gasteiger partial charge in [0.1, 0.15) is 5.58 Å². The first-order valence-electron chi connectivity index (χ1n) is 18.4. The Morgan fingerprint density at radius 1 is 0.296 bits per heavy atom. The van der Waals surface area contributed by atoms with E-state index in [9.17, 15) is 0 Å². The van der Waals surface area contributed by atoms with E-state index in [0.717, 1.165) is 55.8 Å². The van der Waals surface area contributed by atoms with Crippen molar-refractivity contribution in [1.82, 2.24) is 13.7 Å². The Bertz CT molecular complexity index is 3390. The van der Waals surface area contributed by atoms with Gasteiger partial charge in [-0.05, 0) is 83.9 Å². The summed E-state index contributed by atoms with van der Waals surface area (Å²) in [4.78, 5) is 0. The molecule has 12 rings (SSSR count). The molecular formula is C50H31N3O. The van der Waals surface area contributed by atoms with E-state index in [1.807, 2.05) is 12.1 Å². The van der Waals surface area contributed by atoms with E-state index in [-0.39, 0.29) is 0 Å². The van der Waals surface area contributed by atoms with Crippen LogP contribution in [0.3, 0.4) is 0 Å². The van der Waals surface area contributed by atoms with E-state index in [0.29, 0.717) is 0 Å². The smallest absolute Gasteiger partial charge is 0.213 e. The number of furan rings is 1. The van der Waals surface area contributed by atoms with Crippen LogP contribution >= 0.6 is 0 Å². The lowest BCUT2D eigenvalue weighted by Gasteiger charge is -2.12. The van der Waals surface area contributed by atoms with Crippen molar-refractivity contribution in [1.29, 1.82) is 0 Å². The predicted octanol–water partition coefficient (Wildman–Crippen LogP) is 13.4. The molecule has 0 radical (unpaired) electrons. The summed E-state index contributed by atoms with van der Waals surface area (Å²) in [6, 6.07) is 67.7.